The lowest BCUT2D eigenvalue weighted by Gasteiger charge is -2.06. The minimum absolute atomic E-state index is 0.222. The first-order valence-electron chi connectivity index (χ1n) is 5.73. The number of carbonyl (C=O) groups is 1. The number of rotatable bonds is 2. The van der Waals surface area contributed by atoms with E-state index in [1.807, 2.05) is 24.3 Å². The minimum atomic E-state index is -0.222. The molecular weight excluding hydrogens is 306 g/mol. The minimum Gasteiger partial charge on any atom is -0.460 e. The number of fused-ring (bicyclic) bond motifs is 1. The van der Waals surface area contributed by atoms with Gasteiger partial charge in [0.1, 0.15) is 0 Å². The van der Waals surface area contributed by atoms with Crippen LogP contribution in [0.15, 0.2) is 57.6 Å². The first-order chi connectivity index (χ1) is 9.16. The third-order valence-electron chi connectivity index (χ3n) is 2.99. The highest BCUT2D eigenvalue weighted by molar-refractivity contribution is 9.10. The molecule has 2 N–H and O–H groups in total. The Kier molecular flexibility index (Phi) is 2.87. The second kappa shape index (κ2) is 4.55. The van der Waals surface area contributed by atoms with Crippen molar-refractivity contribution < 1.29 is 9.21 Å². The summed E-state index contributed by atoms with van der Waals surface area (Å²) in [6.07, 6.45) is 1.47. The number of benzene rings is 2. The molecule has 1 aromatic heterocycles. The largest absolute Gasteiger partial charge is 0.460 e. The first-order valence-corrected chi connectivity index (χ1v) is 6.52. The molecule has 1 heterocycles. The molecular formula is C15H10BrNO2. The van der Waals surface area contributed by atoms with Gasteiger partial charge in [0.15, 0.2) is 5.76 Å². The molecule has 0 saturated heterocycles. The van der Waals surface area contributed by atoms with Crippen molar-refractivity contribution in [3.63, 3.8) is 0 Å². The van der Waals surface area contributed by atoms with E-state index in [4.69, 9.17) is 10.2 Å². The first kappa shape index (κ1) is 12.0. The maximum atomic E-state index is 12.4. The molecule has 0 radical (unpaired) electrons. The average Bonchev–Trinajstić information content (AvgIpc) is 2.83. The van der Waals surface area contributed by atoms with E-state index in [0.717, 1.165) is 10.8 Å². The van der Waals surface area contributed by atoms with Crippen molar-refractivity contribution in [2.45, 2.75) is 0 Å². The zero-order valence-electron chi connectivity index (χ0n) is 9.89. The lowest BCUT2D eigenvalue weighted by molar-refractivity contribution is 0.101. The number of ketones is 1. The highest BCUT2D eigenvalue weighted by Gasteiger charge is 2.18. The quantitative estimate of drug-likeness (QED) is 0.574. The molecule has 0 aliphatic carbocycles. The van der Waals surface area contributed by atoms with Gasteiger partial charge in [-0.1, -0.05) is 24.3 Å². The summed E-state index contributed by atoms with van der Waals surface area (Å²) in [5.74, 6) is 0.0436. The van der Waals surface area contributed by atoms with Crippen LogP contribution < -0.4 is 5.73 Å². The van der Waals surface area contributed by atoms with Crippen LogP contribution in [-0.2, 0) is 0 Å². The number of carbonyl (C=O) groups excluding carboxylic acids is 1. The van der Waals surface area contributed by atoms with Gasteiger partial charge in [-0.2, -0.15) is 0 Å². The second-order valence-electron chi connectivity index (χ2n) is 4.21. The molecule has 19 heavy (non-hydrogen) atoms. The van der Waals surface area contributed by atoms with E-state index in [1.54, 1.807) is 18.2 Å². The zero-order valence-corrected chi connectivity index (χ0v) is 11.5. The fourth-order valence-electron chi connectivity index (χ4n) is 2.03. The van der Waals surface area contributed by atoms with E-state index in [-0.39, 0.29) is 11.5 Å². The summed E-state index contributed by atoms with van der Waals surface area (Å²) in [6.45, 7) is 0. The predicted octanol–water partition coefficient (Wildman–Crippen LogP) is 4.01. The molecule has 2 aromatic carbocycles. The van der Waals surface area contributed by atoms with Gasteiger partial charge in [-0.25, -0.2) is 0 Å². The van der Waals surface area contributed by atoms with Crippen LogP contribution in [-0.4, -0.2) is 5.78 Å². The highest BCUT2D eigenvalue weighted by Crippen LogP contribution is 2.27. The maximum Gasteiger partial charge on any atom is 0.231 e. The van der Waals surface area contributed by atoms with Crippen LogP contribution in [0.4, 0.5) is 5.69 Å². The molecule has 0 amide bonds. The summed E-state index contributed by atoms with van der Waals surface area (Å²) in [7, 11) is 0. The smallest absolute Gasteiger partial charge is 0.231 e. The lowest BCUT2D eigenvalue weighted by Crippen LogP contribution is -2.05. The molecule has 0 aliphatic heterocycles. The summed E-state index contributed by atoms with van der Waals surface area (Å²) >= 11 is 3.28. The van der Waals surface area contributed by atoms with Gasteiger partial charge in [0.05, 0.1) is 10.7 Å². The van der Waals surface area contributed by atoms with Gasteiger partial charge in [0.2, 0.25) is 5.78 Å². The van der Waals surface area contributed by atoms with Crippen molar-refractivity contribution in [3.8, 4) is 0 Å². The maximum absolute atomic E-state index is 12.4. The van der Waals surface area contributed by atoms with Crippen molar-refractivity contribution in [2.75, 3.05) is 5.73 Å². The molecule has 3 aromatic rings. The van der Waals surface area contributed by atoms with Crippen molar-refractivity contribution >= 4 is 38.2 Å². The van der Waals surface area contributed by atoms with E-state index in [1.165, 1.54) is 6.26 Å². The predicted molar refractivity (Wildman–Crippen MR) is 78.2 cm³/mol. The molecule has 0 aliphatic rings. The molecule has 0 saturated carbocycles. The van der Waals surface area contributed by atoms with Gasteiger partial charge >= 0.3 is 0 Å². The van der Waals surface area contributed by atoms with E-state index in [9.17, 15) is 4.79 Å². The third kappa shape index (κ3) is 2.04. The van der Waals surface area contributed by atoms with Crippen LogP contribution in [0, 0.1) is 0 Å². The van der Waals surface area contributed by atoms with E-state index in [0.29, 0.717) is 15.7 Å². The number of hydrogen-bond acceptors (Lipinski definition) is 3. The SMILES string of the molecule is Nc1cc2ccccc2cc1C(=O)c1occc1Br. The number of anilines is 1. The van der Waals surface area contributed by atoms with Crippen molar-refractivity contribution in [2.24, 2.45) is 0 Å². The van der Waals surface area contributed by atoms with Gasteiger partial charge in [0.25, 0.3) is 0 Å². The normalized spacial score (nSPS) is 10.8. The Balaban J connectivity index is 2.17. The lowest BCUT2D eigenvalue weighted by atomic mass is 10.0. The van der Waals surface area contributed by atoms with Crippen molar-refractivity contribution in [1.29, 1.82) is 0 Å². The van der Waals surface area contributed by atoms with Crippen LogP contribution in [0.5, 0.6) is 0 Å². The van der Waals surface area contributed by atoms with Crippen LogP contribution in [0.3, 0.4) is 0 Å². The Morgan fingerprint density at radius 2 is 1.79 bits per heavy atom. The van der Waals surface area contributed by atoms with Gasteiger partial charge in [-0.3, -0.25) is 4.79 Å². The van der Waals surface area contributed by atoms with E-state index >= 15 is 0 Å². The number of nitrogen functional groups attached to an aromatic ring is 1. The molecule has 0 spiro atoms. The van der Waals surface area contributed by atoms with Crippen LogP contribution >= 0.6 is 15.9 Å². The Morgan fingerprint density at radius 3 is 2.42 bits per heavy atom. The zero-order chi connectivity index (χ0) is 13.4. The third-order valence-corrected chi connectivity index (χ3v) is 3.61. The van der Waals surface area contributed by atoms with Crippen LogP contribution in [0.25, 0.3) is 10.8 Å². The number of hydrogen-bond donors (Lipinski definition) is 1. The number of halogens is 1. The van der Waals surface area contributed by atoms with Crippen LogP contribution in [0.1, 0.15) is 16.1 Å². The second-order valence-corrected chi connectivity index (χ2v) is 5.07. The summed E-state index contributed by atoms with van der Waals surface area (Å²) in [5.41, 5.74) is 6.87. The molecule has 94 valence electrons. The Bertz CT molecular complexity index is 777. The van der Waals surface area contributed by atoms with Crippen molar-refractivity contribution in [3.05, 3.63) is 64.5 Å². The molecule has 0 bridgehead atoms. The van der Waals surface area contributed by atoms with Crippen LogP contribution in [0.2, 0.25) is 0 Å². The molecule has 4 heteroatoms. The fourth-order valence-corrected chi connectivity index (χ4v) is 2.41. The standard InChI is InChI=1S/C15H10BrNO2/c16-12-5-6-19-15(12)14(18)11-7-9-3-1-2-4-10(9)8-13(11)17/h1-8H,17H2. The summed E-state index contributed by atoms with van der Waals surface area (Å²) in [4.78, 5) is 12.4. The average molecular weight is 316 g/mol. The van der Waals surface area contributed by atoms with Gasteiger partial charge < -0.3 is 10.2 Å². The van der Waals surface area contributed by atoms with E-state index < -0.39 is 0 Å². The Hall–Kier alpha value is -2.07. The Labute approximate surface area is 118 Å². The Morgan fingerprint density at radius 1 is 1.11 bits per heavy atom. The summed E-state index contributed by atoms with van der Waals surface area (Å²) in [5, 5.41) is 1.98. The van der Waals surface area contributed by atoms with Crippen molar-refractivity contribution in [1.82, 2.24) is 0 Å². The molecule has 3 nitrogen and oxygen atoms in total. The number of nitrogens with two attached hydrogens (primary N) is 1. The van der Waals surface area contributed by atoms with Gasteiger partial charge in [0, 0.05) is 11.3 Å². The number of furan rings is 1. The molecule has 0 unspecified atom stereocenters. The highest BCUT2D eigenvalue weighted by atomic mass is 79.9. The molecule has 0 atom stereocenters. The van der Waals surface area contributed by atoms with E-state index in [2.05, 4.69) is 15.9 Å². The summed E-state index contributed by atoms with van der Waals surface area (Å²) in [6, 6.07) is 13.1. The topological polar surface area (TPSA) is 56.2 Å². The fraction of sp³-hybridized carbons (Fsp3) is 0. The molecule has 0 fully saturated rings. The summed E-state index contributed by atoms with van der Waals surface area (Å²) < 4.78 is 5.83. The molecule has 3 rings (SSSR count). The monoisotopic (exact) mass is 315 g/mol. The van der Waals surface area contributed by atoms with Gasteiger partial charge in [-0.15, -0.1) is 0 Å². The van der Waals surface area contributed by atoms with Gasteiger partial charge in [-0.05, 0) is 44.9 Å².